The van der Waals surface area contributed by atoms with Crippen LogP contribution in [0.5, 0.6) is 0 Å². The fraction of sp³-hybridized carbons (Fsp3) is 0.747. The molecule has 0 radical (unpaired) electrons. The molecule has 0 bridgehead atoms. The van der Waals surface area contributed by atoms with Crippen molar-refractivity contribution < 1.29 is 238 Å². The number of hydrogen-bond acceptors (Lipinski definition) is 50. The maximum atomic E-state index is 13.9. The zero-order chi connectivity index (χ0) is 93.5. The summed E-state index contributed by atoms with van der Waals surface area (Å²) in [6.45, 7) is 11.1. The predicted octanol–water partition coefficient (Wildman–Crippen LogP) is -2.60. The second-order valence-electron chi connectivity index (χ2n) is 28.3. The quantitative estimate of drug-likeness (QED) is 0.0458. The van der Waals surface area contributed by atoms with Crippen molar-refractivity contribution in [3.8, 4) is 0 Å². The third-order valence-electron chi connectivity index (χ3n) is 17.9. The van der Waals surface area contributed by atoms with Gasteiger partial charge in [-0.2, -0.15) is 0 Å². The van der Waals surface area contributed by atoms with Gasteiger partial charge in [-0.05, 0) is 0 Å². The Hall–Kier alpha value is -10.5. The Morgan fingerprint density at radius 3 is 0.464 bits per heavy atom. The molecule has 6 fully saturated rings. The minimum absolute atomic E-state index is 0.767. The fourth-order valence-electron chi connectivity index (χ4n) is 13.8. The van der Waals surface area contributed by atoms with Crippen LogP contribution in [0.4, 0.5) is 0 Å². The van der Waals surface area contributed by atoms with Gasteiger partial charge in [0.05, 0.1) is 0 Å². The minimum Gasteiger partial charge on any atom is -0.463 e. The summed E-state index contributed by atoms with van der Waals surface area (Å²) >= 11 is 0. The molecule has 6 rings (SSSR count). The largest absolute Gasteiger partial charge is 0.463 e. The molecule has 6 aliphatic heterocycles. The van der Waals surface area contributed by atoms with E-state index in [2.05, 4.69) is 0 Å². The molecular weight excluding hydrogens is 1700 g/mol. The van der Waals surface area contributed by atoms with Crippen LogP contribution in [0.2, 0.25) is 0 Å². The first-order chi connectivity index (χ1) is 58.5. The first-order valence-electron chi connectivity index (χ1n) is 38.3. The van der Waals surface area contributed by atoms with Crippen LogP contribution in [0.3, 0.4) is 0 Å². The number of methoxy groups -OCH3 is 1. The summed E-state index contributed by atoms with van der Waals surface area (Å²) in [6, 6.07) is 0. The molecule has 0 unspecified atom stereocenters. The number of esters is 19. The van der Waals surface area contributed by atoms with Gasteiger partial charge < -0.3 is 147 Å². The normalized spacial score (nSPS) is 33.0. The molecule has 6 aliphatic rings. The van der Waals surface area contributed by atoms with E-state index in [1.165, 1.54) is 0 Å². The summed E-state index contributed by atoms with van der Waals surface area (Å²) < 4.78 is 184. The van der Waals surface area contributed by atoms with Gasteiger partial charge in [0.25, 0.3) is 0 Å². The average molecular weight is 1800 g/mol. The molecule has 0 aromatic rings. The summed E-state index contributed by atoms with van der Waals surface area (Å²) in [5.41, 5.74) is 0. The molecule has 702 valence electrons. The summed E-state index contributed by atoms with van der Waals surface area (Å²) in [5, 5.41) is 0. The smallest absolute Gasteiger partial charge is 0.303 e. The molecule has 0 aromatic carbocycles. The molecule has 125 heavy (non-hydrogen) atoms. The lowest BCUT2D eigenvalue weighted by Gasteiger charge is -2.52. The van der Waals surface area contributed by atoms with Crippen LogP contribution in [0.25, 0.3) is 0 Å². The monoisotopic (exact) mass is 1800 g/mol. The van der Waals surface area contributed by atoms with E-state index in [9.17, 15) is 91.1 Å². The maximum absolute atomic E-state index is 13.9. The second kappa shape index (κ2) is 47.7. The highest BCUT2D eigenvalue weighted by Gasteiger charge is 2.65. The van der Waals surface area contributed by atoms with Gasteiger partial charge in [0, 0.05) is 139 Å². The van der Waals surface area contributed by atoms with Crippen LogP contribution in [0.15, 0.2) is 0 Å². The van der Waals surface area contributed by atoms with Gasteiger partial charge in [-0.1, -0.05) is 0 Å². The summed E-state index contributed by atoms with van der Waals surface area (Å²) in [7, 11) is 1.10. The van der Waals surface area contributed by atoms with E-state index in [1.54, 1.807) is 0 Å². The van der Waals surface area contributed by atoms with E-state index in [1.807, 2.05) is 0 Å². The van der Waals surface area contributed by atoms with Crippen molar-refractivity contribution in [2.24, 2.45) is 0 Å². The van der Waals surface area contributed by atoms with E-state index < -0.39 is 337 Å². The summed E-state index contributed by atoms with van der Waals surface area (Å²) in [4.78, 5) is 251. The molecule has 0 aliphatic carbocycles. The highest BCUT2D eigenvalue weighted by atomic mass is 16.8. The van der Waals surface area contributed by atoms with Crippen LogP contribution in [0, 0.1) is 0 Å². The van der Waals surface area contributed by atoms with Crippen molar-refractivity contribution in [3.63, 3.8) is 0 Å². The first-order valence-corrected chi connectivity index (χ1v) is 38.3. The molecular formula is C75H102O50. The standard InChI is InChI=1S/C75H102O50/c1-27(76)96-21-46-52(102-33(7)82)58(104-35(9)84)65(110-41(15)90)71(116-46)122-55-49(24-99-30(4)79)119-73(67(112-43(17)92)60(55)106-37(11)86)123-57-51(26-101-32(6)81)120-75(68(113-44(18)93)62(57)108-39(13)88)125-63-53(103-34(8)83)47(22-97-28(2)77)117-74(69(63)114-45(19)94)124-56-50(25-100-31(5)80)118-72(66(111-42(16)91)61(56)107-38(12)87)121-54-48(23-98-29(3)78)115-70(95-20)64(109-40(14)89)59(54)105-36(10)85/h46-75H,21-26H2,1-20H3/t46-,47-,48-,49-,50-,51-,52-,53-,54-,55-,56-,57-,58+,59+,60+,61+,62+,63+,64-,65-,66-,67-,68-,69-,70-,71+,72+,73+,74+,75+/m1/s1. The Kier molecular flexibility index (Phi) is 39.4. The number of hydrogen-bond donors (Lipinski definition) is 0. The Morgan fingerprint density at radius 1 is 0.160 bits per heavy atom. The molecule has 50 heteroatoms. The predicted molar refractivity (Wildman–Crippen MR) is 385 cm³/mol. The number of rotatable bonds is 36. The van der Waals surface area contributed by atoms with Gasteiger partial charge in [0.1, 0.15) is 107 Å². The molecule has 0 N–H and O–H groups in total. The van der Waals surface area contributed by atoms with Crippen molar-refractivity contribution in [3.05, 3.63) is 0 Å². The number of carbonyl (C=O) groups excluding carboxylic acids is 19. The molecule has 0 saturated carbocycles. The van der Waals surface area contributed by atoms with Gasteiger partial charge >= 0.3 is 113 Å². The Morgan fingerprint density at radius 2 is 0.288 bits per heavy atom. The third kappa shape index (κ3) is 30.9. The molecule has 6 saturated heterocycles. The topological polar surface area (TPSA) is 610 Å². The molecule has 50 nitrogen and oxygen atoms in total. The van der Waals surface area contributed by atoms with Crippen LogP contribution in [-0.2, 0) is 238 Å². The van der Waals surface area contributed by atoms with Crippen LogP contribution in [-0.4, -0.2) is 344 Å². The van der Waals surface area contributed by atoms with Crippen molar-refractivity contribution in [1.29, 1.82) is 0 Å². The maximum Gasteiger partial charge on any atom is 0.303 e. The van der Waals surface area contributed by atoms with Crippen LogP contribution < -0.4 is 0 Å². The van der Waals surface area contributed by atoms with E-state index in [-0.39, 0.29) is 0 Å². The lowest BCUT2D eigenvalue weighted by Crippen LogP contribution is -2.70. The minimum atomic E-state index is -2.49. The highest BCUT2D eigenvalue weighted by Crippen LogP contribution is 2.43. The van der Waals surface area contributed by atoms with Gasteiger partial charge in [-0.15, -0.1) is 0 Å². The number of ether oxygens (including phenoxy) is 31. The molecule has 6 heterocycles. The molecule has 0 spiro atoms. The van der Waals surface area contributed by atoms with E-state index in [4.69, 9.17) is 147 Å². The van der Waals surface area contributed by atoms with Gasteiger partial charge in [0.15, 0.2) is 117 Å². The van der Waals surface area contributed by atoms with Gasteiger partial charge in [-0.3, -0.25) is 91.1 Å². The van der Waals surface area contributed by atoms with Gasteiger partial charge in [-0.25, -0.2) is 0 Å². The van der Waals surface area contributed by atoms with Crippen LogP contribution in [0.1, 0.15) is 132 Å². The van der Waals surface area contributed by atoms with E-state index in [0.29, 0.717) is 0 Å². The molecule has 0 amide bonds. The zero-order valence-corrected chi connectivity index (χ0v) is 71.5. The second-order valence-corrected chi connectivity index (χ2v) is 28.3. The lowest BCUT2D eigenvalue weighted by atomic mass is 9.94. The third-order valence-corrected chi connectivity index (χ3v) is 17.9. The van der Waals surface area contributed by atoms with Crippen molar-refractivity contribution in [1.82, 2.24) is 0 Å². The van der Waals surface area contributed by atoms with Crippen molar-refractivity contribution in [2.75, 3.05) is 46.8 Å². The van der Waals surface area contributed by atoms with E-state index in [0.717, 1.165) is 139 Å². The lowest BCUT2D eigenvalue weighted by molar-refractivity contribution is -0.397. The summed E-state index contributed by atoms with van der Waals surface area (Å²) in [6.07, 6.45) is -63.3. The molecule has 30 atom stereocenters. The average Bonchev–Trinajstić information content (AvgIpc) is 0.754. The Balaban J connectivity index is 1.59. The van der Waals surface area contributed by atoms with Gasteiger partial charge in [0.2, 0.25) is 0 Å². The zero-order valence-electron chi connectivity index (χ0n) is 71.5. The van der Waals surface area contributed by atoms with E-state index >= 15 is 0 Å². The molecule has 0 aromatic heterocycles. The van der Waals surface area contributed by atoms with Crippen molar-refractivity contribution in [2.45, 2.75) is 316 Å². The highest BCUT2D eigenvalue weighted by molar-refractivity contribution is 5.73. The SMILES string of the molecule is CO[C@@H]1O[C@H](COC(C)=O)[C@@H](O[C@@H]2O[C@H](COC(C)=O)[C@@H](O[C@@H]3O[C@H](COC(C)=O)[C@@H](OC(C)=O)[C@H](O[C@@H]4O[C@H](COC(C)=O)[C@@H](O[C@@H]5O[C@H](COC(C)=O)[C@@H](O[C@@H]6O[C@H](COC(C)=O)[C@@H](OC(C)=O)[C@H](OC(C)=O)[C@H]6OC(C)=O)[C@H](OC(C)=O)[C@H]5OC(C)=O)[C@H](OC(C)=O)[C@H]4OC(C)=O)[C@H]3OC(C)=O)[C@H](OC(C)=O)[C@H]2OC(C)=O)[C@H](OC(C)=O)[C@H]1OC(C)=O. The Bertz CT molecular complexity index is 3860. The van der Waals surface area contributed by atoms with Crippen LogP contribution >= 0.6 is 0 Å². The number of carbonyl (C=O) groups is 19. The Labute approximate surface area is 711 Å². The first kappa shape index (κ1) is 103. The van der Waals surface area contributed by atoms with Crippen molar-refractivity contribution >= 4 is 113 Å². The fourth-order valence-corrected chi connectivity index (χ4v) is 13.8. The summed E-state index contributed by atoms with van der Waals surface area (Å²) in [5.74, 6) is -21.5.